The summed E-state index contributed by atoms with van der Waals surface area (Å²) in [6.07, 6.45) is 0. The third-order valence-corrected chi connectivity index (χ3v) is 2.32. The molecule has 1 N–H and O–H groups in total. The quantitative estimate of drug-likeness (QED) is 0.797. The minimum atomic E-state index is -0.456. The lowest BCUT2D eigenvalue weighted by atomic mass is 10.2. The van der Waals surface area contributed by atoms with E-state index < -0.39 is 5.82 Å². The Morgan fingerprint density at radius 2 is 2.14 bits per heavy atom. The lowest BCUT2D eigenvalue weighted by Crippen LogP contribution is -1.94. The summed E-state index contributed by atoms with van der Waals surface area (Å²) in [5, 5.41) is 10.2. The fraction of sp³-hybridized carbons (Fsp3) is 0.111. The van der Waals surface area contributed by atoms with Crippen molar-refractivity contribution in [3.05, 3.63) is 29.8 Å². The second-order valence-corrected chi connectivity index (χ2v) is 3.29. The van der Waals surface area contributed by atoms with Crippen molar-refractivity contribution in [1.29, 1.82) is 0 Å². The predicted octanol–water partition coefficient (Wildman–Crippen LogP) is 2.37. The summed E-state index contributed by atoms with van der Waals surface area (Å²) in [4.78, 5) is 7.75. The molecule has 0 aliphatic carbocycles. The van der Waals surface area contributed by atoms with E-state index in [2.05, 4.69) is 25.9 Å². The van der Waals surface area contributed by atoms with Gasteiger partial charge in [0.05, 0.1) is 10.7 Å². The van der Waals surface area contributed by atoms with Gasteiger partial charge in [-0.3, -0.25) is 0 Å². The van der Waals surface area contributed by atoms with Crippen molar-refractivity contribution in [2.45, 2.75) is 5.33 Å². The van der Waals surface area contributed by atoms with Crippen molar-refractivity contribution in [2.75, 3.05) is 0 Å². The largest absolute Gasteiger partial charge is 0.493 e. The summed E-state index contributed by atoms with van der Waals surface area (Å²) in [7, 11) is 0. The monoisotopic (exact) mass is 256 g/mol. The summed E-state index contributed by atoms with van der Waals surface area (Å²) >= 11 is 3.14. The minimum Gasteiger partial charge on any atom is -0.493 e. The first kappa shape index (κ1) is 9.33. The zero-order valence-electron chi connectivity index (χ0n) is 7.04. The normalized spacial score (nSPS) is 10.7. The molecule has 1 aromatic carbocycles. The van der Waals surface area contributed by atoms with Crippen molar-refractivity contribution in [1.82, 2.24) is 9.97 Å². The first-order valence-electron chi connectivity index (χ1n) is 3.92. The van der Waals surface area contributed by atoms with Crippen molar-refractivity contribution < 1.29 is 9.50 Å². The zero-order valence-corrected chi connectivity index (χ0v) is 8.62. The van der Waals surface area contributed by atoms with Crippen LogP contribution in [0.15, 0.2) is 18.2 Å². The Kier molecular flexibility index (Phi) is 2.33. The molecule has 0 saturated carbocycles. The van der Waals surface area contributed by atoms with Crippen LogP contribution in [-0.2, 0) is 5.33 Å². The molecule has 2 rings (SSSR count). The standard InChI is InChI=1S/C9H6BrFN2O/c10-4-7-12-8-5(9(14)13-7)2-1-3-6(8)11/h1-3H,4H2,(H,12,13,14). The van der Waals surface area contributed by atoms with Crippen LogP contribution in [0.4, 0.5) is 4.39 Å². The molecule has 14 heavy (non-hydrogen) atoms. The van der Waals surface area contributed by atoms with E-state index in [0.29, 0.717) is 16.5 Å². The molecule has 0 saturated heterocycles. The van der Waals surface area contributed by atoms with Crippen LogP contribution in [0.25, 0.3) is 10.9 Å². The Hall–Kier alpha value is -1.23. The first-order valence-corrected chi connectivity index (χ1v) is 5.04. The number of hydrogen-bond donors (Lipinski definition) is 1. The highest BCUT2D eigenvalue weighted by molar-refractivity contribution is 9.08. The molecule has 1 aromatic heterocycles. The fourth-order valence-electron chi connectivity index (χ4n) is 1.21. The average Bonchev–Trinajstić information content (AvgIpc) is 2.19. The maximum absolute atomic E-state index is 13.3. The Labute approximate surface area is 87.7 Å². The Bertz CT molecular complexity index is 489. The number of halogens is 2. The van der Waals surface area contributed by atoms with Gasteiger partial charge >= 0.3 is 0 Å². The summed E-state index contributed by atoms with van der Waals surface area (Å²) in [5.74, 6) is -0.286. The molecule has 2 aromatic rings. The van der Waals surface area contributed by atoms with Crippen molar-refractivity contribution in [3.63, 3.8) is 0 Å². The number of para-hydroxylation sites is 1. The number of hydrogen-bond acceptors (Lipinski definition) is 3. The van der Waals surface area contributed by atoms with Crippen LogP contribution in [-0.4, -0.2) is 15.1 Å². The van der Waals surface area contributed by atoms with Gasteiger partial charge in [-0.05, 0) is 12.1 Å². The van der Waals surface area contributed by atoms with Gasteiger partial charge in [0.25, 0.3) is 0 Å². The van der Waals surface area contributed by atoms with Gasteiger partial charge in [0, 0.05) is 0 Å². The molecular weight excluding hydrogens is 251 g/mol. The maximum atomic E-state index is 13.3. The van der Waals surface area contributed by atoms with E-state index in [1.54, 1.807) is 6.07 Å². The molecule has 5 heteroatoms. The number of benzene rings is 1. The molecule has 0 aliphatic rings. The van der Waals surface area contributed by atoms with Crippen LogP contribution in [0.1, 0.15) is 5.82 Å². The SMILES string of the molecule is Oc1nc(CBr)nc2c(F)cccc12. The highest BCUT2D eigenvalue weighted by Gasteiger charge is 2.08. The lowest BCUT2D eigenvalue weighted by Gasteiger charge is -2.02. The number of nitrogens with zero attached hydrogens (tertiary/aromatic N) is 2. The fourth-order valence-corrected chi connectivity index (χ4v) is 1.46. The predicted molar refractivity (Wildman–Crippen MR) is 53.8 cm³/mol. The second kappa shape index (κ2) is 3.49. The molecule has 1 heterocycles. The zero-order chi connectivity index (χ0) is 10.1. The first-order chi connectivity index (χ1) is 6.72. The van der Waals surface area contributed by atoms with Crippen molar-refractivity contribution in [2.24, 2.45) is 0 Å². The van der Waals surface area contributed by atoms with Gasteiger partial charge in [-0.2, -0.15) is 4.98 Å². The van der Waals surface area contributed by atoms with Crippen molar-refractivity contribution >= 4 is 26.8 Å². The van der Waals surface area contributed by atoms with Crippen LogP contribution < -0.4 is 0 Å². The smallest absolute Gasteiger partial charge is 0.222 e. The Balaban J connectivity index is 2.83. The second-order valence-electron chi connectivity index (χ2n) is 2.73. The van der Waals surface area contributed by atoms with Crippen LogP contribution in [0.5, 0.6) is 5.88 Å². The van der Waals surface area contributed by atoms with Crippen LogP contribution >= 0.6 is 15.9 Å². The molecule has 0 bridgehead atoms. The van der Waals surface area contributed by atoms with Gasteiger partial charge in [-0.25, -0.2) is 9.37 Å². The van der Waals surface area contributed by atoms with Gasteiger partial charge in [-0.1, -0.05) is 22.0 Å². The average molecular weight is 257 g/mol. The number of aromatic nitrogens is 2. The molecule has 0 aliphatic heterocycles. The minimum absolute atomic E-state index is 0.148. The molecule has 0 amide bonds. The third-order valence-electron chi connectivity index (χ3n) is 1.82. The van der Waals surface area contributed by atoms with Gasteiger partial charge in [0.15, 0.2) is 0 Å². The summed E-state index contributed by atoms with van der Waals surface area (Å²) in [6, 6.07) is 4.38. The van der Waals surface area contributed by atoms with Crippen molar-refractivity contribution in [3.8, 4) is 5.88 Å². The number of alkyl halides is 1. The molecule has 72 valence electrons. The molecule has 0 unspecified atom stereocenters. The van der Waals surface area contributed by atoms with E-state index in [9.17, 15) is 9.50 Å². The summed E-state index contributed by atoms with van der Waals surface area (Å²) in [5.41, 5.74) is 0.148. The maximum Gasteiger partial charge on any atom is 0.222 e. The highest BCUT2D eigenvalue weighted by Crippen LogP contribution is 2.23. The van der Waals surface area contributed by atoms with E-state index in [1.807, 2.05) is 0 Å². The third kappa shape index (κ3) is 1.43. The number of fused-ring (bicyclic) bond motifs is 1. The van der Waals surface area contributed by atoms with E-state index in [-0.39, 0.29) is 11.4 Å². The topological polar surface area (TPSA) is 46.0 Å². The highest BCUT2D eigenvalue weighted by atomic mass is 79.9. The van der Waals surface area contributed by atoms with Crippen LogP contribution in [0.3, 0.4) is 0 Å². The van der Waals surface area contributed by atoms with Crippen LogP contribution in [0.2, 0.25) is 0 Å². The Morgan fingerprint density at radius 3 is 2.86 bits per heavy atom. The van der Waals surface area contributed by atoms with E-state index in [4.69, 9.17) is 0 Å². The van der Waals surface area contributed by atoms with E-state index >= 15 is 0 Å². The molecular formula is C9H6BrFN2O. The molecule has 0 atom stereocenters. The van der Waals surface area contributed by atoms with Gasteiger partial charge in [-0.15, -0.1) is 0 Å². The molecule has 0 radical (unpaired) electrons. The van der Waals surface area contributed by atoms with Crippen LogP contribution in [0, 0.1) is 5.82 Å². The van der Waals surface area contributed by atoms with Gasteiger partial charge in [0.1, 0.15) is 17.2 Å². The number of rotatable bonds is 1. The van der Waals surface area contributed by atoms with E-state index in [0.717, 1.165) is 0 Å². The Morgan fingerprint density at radius 1 is 1.36 bits per heavy atom. The summed E-state index contributed by atoms with van der Waals surface area (Å²) in [6.45, 7) is 0. The molecule has 0 spiro atoms. The molecule has 3 nitrogen and oxygen atoms in total. The lowest BCUT2D eigenvalue weighted by molar-refractivity contribution is 0.457. The summed E-state index contributed by atoms with van der Waals surface area (Å²) < 4.78 is 13.3. The van der Waals surface area contributed by atoms with Gasteiger partial charge < -0.3 is 5.11 Å². The molecule has 0 fully saturated rings. The number of aromatic hydroxyl groups is 1. The van der Waals surface area contributed by atoms with E-state index in [1.165, 1.54) is 12.1 Å². The van der Waals surface area contributed by atoms with Gasteiger partial charge in [0.2, 0.25) is 5.88 Å².